The molecular weight excluding hydrogens is 478 g/mol. The summed E-state index contributed by atoms with van der Waals surface area (Å²) in [4.78, 5) is 28.6. The number of hydrogen-bond acceptors (Lipinski definition) is 5. The number of aliphatic hydroxyl groups excluding tert-OH is 1. The third-order valence-electron chi connectivity index (χ3n) is 3.66. The van der Waals surface area contributed by atoms with E-state index >= 15 is 0 Å². The van der Waals surface area contributed by atoms with Gasteiger partial charge in [-0.15, -0.1) is 13.2 Å². The summed E-state index contributed by atoms with van der Waals surface area (Å²) < 4.78 is 41.7. The fourth-order valence-corrected chi connectivity index (χ4v) is 2.45. The Labute approximate surface area is 190 Å². The van der Waals surface area contributed by atoms with Gasteiger partial charge in [0.1, 0.15) is 10.2 Å². The number of amides is 3. The summed E-state index contributed by atoms with van der Waals surface area (Å²) in [5.74, 6) is -1.14. The molecule has 3 amide bonds. The minimum atomic E-state index is -4.83. The van der Waals surface area contributed by atoms with Gasteiger partial charge in [0.25, 0.3) is 5.91 Å². The molecule has 0 saturated heterocycles. The molecule has 0 spiro atoms. The van der Waals surface area contributed by atoms with Gasteiger partial charge in [-0.05, 0) is 37.3 Å². The Bertz CT molecular complexity index is 976. The molecule has 14 heteroatoms. The smallest absolute Gasteiger partial charge is 0.406 e. The van der Waals surface area contributed by atoms with Crippen molar-refractivity contribution in [1.29, 1.82) is 0 Å². The van der Waals surface area contributed by atoms with E-state index in [0.29, 0.717) is 0 Å². The van der Waals surface area contributed by atoms with Crippen molar-refractivity contribution in [3.8, 4) is 5.75 Å². The van der Waals surface area contributed by atoms with Crippen molar-refractivity contribution in [3.05, 3.63) is 46.9 Å². The quantitative estimate of drug-likeness (QED) is 0.443. The number of nitrogens with zero attached hydrogens (tertiary/aromatic N) is 2. The van der Waals surface area contributed by atoms with Gasteiger partial charge in [-0.2, -0.15) is 0 Å². The Morgan fingerprint density at radius 1 is 1.25 bits per heavy atom. The molecule has 0 saturated carbocycles. The van der Waals surface area contributed by atoms with Crippen LogP contribution in [0.1, 0.15) is 17.5 Å². The molecule has 0 aliphatic carbocycles. The fraction of sp³-hybridized carbons (Fsp3) is 0.278. The van der Waals surface area contributed by atoms with Crippen molar-refractivity contribution in [1.82, 2.24) is 14.9 Å². The van der Waals surface area contributed by atoms with Gasteiger partial charge in [0.2, 0.25) is 5.82 Å². The zero-order valence-corrected chi connectivity index (χ0v) is 17.9. The Morgan fingerprint density at radius 2 is 1.91 bits per heavy atom. The maximum atomic E-state index is 12.4. The summed E-state index contributed by atoms with van der Waals surface area (Å²) in [6, 6.07) is 3.18. The Balaban J connectivity index is 2.10. The van der Waals surface area contributed by atoms with Crippen LogP contribution in [0.5, 0.6) is 5.75 Å². The van der Waals surface area contributed by atoms with Crippen molar-refractivity contribution < 1.29 is 32.6 Å². The van der Waals surface area contributed by atoms with E-state index < -0.39 is 30.1 Å². The molecule has 4 N–H and O–H groups in total. The first kappa shape index (κ1) is 25.3. The standard InChI is InChI=1S/C18H18Cl2F3N5O4/c1-10(9-29)24-16(30)15-26-14(8-28(15)7-6-13(19)20)27-17(31)25-11-2-4-12(5-3-11)32-18(21,22)23/h2-6,8,10,29H,7,9H2,1H3,(H,24,30)(H2,25,27,31). The van der Waals surface area contributed by atoms with Crippen LogP contribution in [0.25, 0.3) is 0 Å². The highest BCUT2D eigenvalue weighted by atomic mass is 35.5. The Kier molecular flexibility index (Phi) is 8.75. The van der Waals surface area contributed by atoms with Crippen LogP contribution in [0.4, 0.5) is 29.5 Å². The van der Waals surface area contributed by atoms with E-state index in [-0.39, 0.29) is 35.0 Å². The summed E-state index contributed by atoms with van der Waals surface area (Å²) in [6.45, 7) is 1.36. The number of aromatic nitrogens is 2. The molecule has 174 valence electrons. The average Bonchev–Trinajstić information content (AvgIpc) is 3.09. The van der Waals surface area contributed by atoms with Gasteiger partial charge in [-0.3, -0.25) is 10.1 Å². The van der Waals surface area contributed by atoms with Gasteiger partial charge in [0, 0.05) is 24.5 Å². The topological polar surface area (TPSA) is 118 Å². The lowest BCUT2D eigenvalue weighted by molar-refractivity contribution is -0.274. The molecule has 0 bridgehead atoms. The van der Waals surface area contributed by atoms with E-state index in [1.807, 2.05) is 0 Å². The van der Waals surface area contributed by atoms with E-state index in [4.69, 9.17) is 28.3 Å². The Morgan fingerprint density at radius 3 is 2.47 bits per heavy atom. The molecule has 0 aliphatic heterocycles. The van der Waals surface area contributed by atoms with Crippen molar-refractivity contribution in [2.75, 3.05) is 17.2 Å². The molecule has 1 atom stereocenters. The summed E-state index contributed by atoms with van der Waals surface area (Å²) in [6.07, 6.45) is -2.08. The molecule has 2 rings (SSSR count). The van der Waals surface area contributed by atoms with Gasteiger partial charge in [0.15, 0.2) is 5.82 Å². The predicted octanol–water partition coefficient (Wildman–Crippen LogP) is 3.86. The highest BCUT2D eigenvalue weighted by molar-refractivity contribution is 6.55. The highest BCUT2D eigenvalue weighted by Crippen LogP contribution is 2.24. The number of carbonyl (C=O) groups excluding carboxylic acids is 2. The second kappa shape index (κ2) is 11.1. The average molecular weight is 496 g/mol. The number of imidazole rings is 1. The molecule has 0 radical (unpaired) electrons. The number of anilines is 2. The molecule has 32 heavy (non-hydrogen) atoms. The number of ether oxygens (including phenoxy) is 1. The number of allylic oxidation sites excluding steroid dienone is 1. The highest BCUT2D eigenvalue weighted by Gasteiger charge is 2.31. The SMILES string of the molecule is CC(CO)NC(=O)c1nc(NC(=O)Nc2ccc(OC(F)(F)F)cc2)cn1CC=C(Cl)Cl. The van der Waals surface area contributed by atoms with Crippen molar-refractivity contribution in [2.45, 2.75) is 25.9 Å². The lowest BCUT2D eigenvalue weighted by Crippen LogP contribution is -2.36. The van der Waals surface area contributed by atoms with Crippen molar-refractivity contribution >= 4 is 46.6 Å². The molecule has 1 heterocycles. The van der Waals surface area contributed by atoms with Crippen LogP contribution >= 0.6 is 23.2 Å². The molecular formula is C18H18Cl2F3N5O4. The number of carbonyl (C=O) groups is 2. The number of rotatable bonds is 8. The molecule has 9 nitrogen and oxygen atoms in total. The maximum absolute atomic E-state index is 12.4. The minimum Gasteiger partial charge on any atom is -0.406 e. The number of benzene rings is 1. The predicted molar refractivity (Wildman–Crippen MR) is 112 cm³/mol. The molecule has 1 unspecified atom stereocenters. The van der Waals surface area contributed by atoms with Gasteiger partial charge in [-0.25, -0.2) is 9.78 Å². The monoisotopic (exact) mass is 495 g/mol. The van der Waals surface area contributed by atoms with Gasteiger partial charge in [0.05, 0.1) is 6.61 Å². The lowest BCUT2D eigenvalue weighted by atomic mass is 10.3. The van der Waals surface area contributed by atoms with Gasteiger partial charge < -0.3 is 25.0 Å². The molecule has 1 aromatic carbocycles. The zero-order chi connectivity index (χ0) is 23.9. The van der Waals surface area contributed by atoms with Crippen LogP contribution < -0.4 is 20.7 Å². The second-order valence-electron chi connectivity index (χ2n) is 6.30. The lowest BCUT2D eigenvalue weighted by Gasteiger charge is -2.11. The normalized spacial score (nSPS) is 12.0. The summed E-state index contributed by atoms with van der Waals surface area (Å²) in [5.41, 5.74) is 0.183. The largest absolute Gasteiger partial charge is 0.573 e. The molecule has 0 aliphatic rings. The number of nitrogens with one attached hydrogen (secondary N) is 3. The molecule has 2 aromatic rings. The second-order valence-corrected chi connectivity index (χ2v) is 7.31. The summed E-state index contributed by atoms with van der Waals surface area (Å²) in [5, 5.41) is 16.4. The fourth-order valence-electron chi connectivity index (χ4n) is 2.32. The van der Waals surface area contributed by atoms with Crippen LogP contribution in [0.3, 0.4) is 0 Å². The van der Waals surface area contributed by atoms with E-state index in [2.05, 4.69) is 25.7 Å². The molecule has 1 aromatic heterocycles. The summed E-state index contributed by atoms with van der Waals surface area (Å²) >= 11 is 11.2. The van der Waals surface area contributed by atoms with E-state index in [1.165, 1.54) is 29.0 Å². The Hall–Kier alpha value is -2.96. The van der Waals surface area contributed by atoms with Gasteiger partial charge in [-0.1, -0.05) is 23.2 Å². The number of halogens is 5. The van der Waals surface area contributed by atoms with Crippen LogP contribution in [-0.2, 0) is 6.54 Å². The van der Waals surface area contributed by atoms with Crippen LogP contribution in [0, 0.1) is 0 Å². The summed E-state index contributed by atoms with van der Waals surface area (Å²) in [7, 11) is 0. The third kappa shape index (κ3) is 8.29. The number of urea groups is 1. The minimum absolute atomic E-state index is 0.000390. The first-order chi connectivity index (χ1) is 15.0. The number of aliphatic hydroxyl groups is 1. The number of hydrogen-bond donors (Lipinski definition) is 4. The first-order valence-corrected chi connectivity index (χ1v) is 9.66. The third-order valence-corrected chi connectivity index (χ3v) is 3.97. The first-order valence-electron chi connectivity index (χ1n) is 8.90. The van der Waals surface area contributed by atoms with E-state index in [9.17, 15) is 22.8 Å². The van der Waals surface area contributed by atoms with Crippen LogP contribution in [-0.4, -0.2) is 45.6 Å². The van der Waals surface area contributed by atoms with E-state index in [0.717, 1.165) is 12.1 Å². The molecule has 0 fully saturated rings. The van der Waals surface area contributed by atoms with Gasteiger partial charge >= 0.3 is 12.4 Å². The van der Waals surface area contributed by atoms with E-state index in [1.54, 1.807) is 6.92 Å². The van der Waals surface area contributed by atoms with Crippen molar-refractivity contribution in [3.63, 3.8) is 0 Å². The van der Waals surface area contributed by atoms with Crippen LogP contribution in [0.2, 0.25) is 0 Å². The van der Waals surface area contributed by atoms with Crippen molar-refractivity contribution in [2.24, 2.45) is 0 Å². The zero-order valence-electron chi connectivity index (χ0n) is 16.4. The van der Waals surface area contributed by atoms with Crippen LogP contribution in [0.15, 0.2) is 41.0 Å². The maximum Gasteiger partial charge on any atom is 0.573 e. The number of alkyl halides is 3.